The van der Waals surface area contributed by atoms with Gasteiger partial charge in [-0.1, -0.05) is 19.1 Å². The molecule has 0 aromatic heterocycles. The first kappa shape index (κ1) is 22.6. The predicted molar refractivity (Wildman–Crippen MR) is 107 cm³/mol. The van der Waals surface area contributed by atoms with E-state index in [2.05, 4.69) is 5.10 Å². The minimum atomic E-state index is -4.61. The van der Waals surface area contributed by atoms with Crippen LogP contribution in [0.4, 0.5) is 18.9 Å². The van der Waals surface area contributed by atoms with E-state index in [4.69, 9.17) is 14.4 Å². The summed E-state index contributed by atoms with van der Waals surface area (Å²) in [6.07, 6.45) is -4.57. The molecule has 0 bridgehead atoms. The molecule has 30 heavy (non-hydrogen) atoms. The van der Waals surface area contributed by atoms with Gasteiger partial charge in [0.15, 0.2) is 0 Å². The first-order chi connectivity index (χ1) is 13.7. The van der Waals surface area contributed by atoms with Crippen molar-refractivity contribution in [3.05, 3.63) is 29.8 Å². The summed E-state index contributed by atoms with van der Waals surface area (Å²) in [6, 6.07) is 5.91. The summed E-state index contributed by atoms with van der Waals surface area (Å²) in [6.45, 7) is 9.20. The topological polar surface area (TPSA) is 71.4 Å². The summed E-state index contributed by atoms with van der Waals surface area (Å²) < 4.78 is 51.8. The Kier molecular flexibility index (Phi) is 5.70. The normalized spacial score (nSPS) is 25.5. The van der Waals surface area contributed by atoms with E-state index < -0.39 is 54.6 Å². The summed E-state index contributed by atoms with van der Waals surface area (Å²) in [5, 5.41) is 14.0. The van der Waals surface area contributed by atoms with Crippen LogP contribution in [0, 0.1) is 5.92 Å². The molecule has 2 aliphatic heterocycles. The Bertz CT molecular complexity index is 823. The largest absolute Gasteiger partial charge is 0.481 e. The van der Waals surface area contributed by atoms with Gasteiger partial charge in [-0.3, -0.25) is 9.80 Å². The Morgan fingerprint density at radius 1 is 1.17 bits per heavy atom. The maximum atomic E-state index is 13.3. The van der Waals surface area contributed by atoms with E-state index in [0.29, 0.717) is 12.0 Å². The Morgan fingerprint density at radius 2 is 1.70 bits per heavy atom. The predicted octanol–water partition coefficient (Wildman–Crippen LogP) is 4.08. The number of anilines is 1. The number of benzene rings is 1. The third-order valence-electron chi connectivity index (χ3n) is 6.12. The number of carbonyl (C=O) groups is 1. The minimum absolute atomic E-state index is 0.407. The standard InChI is InChI=1S/C20H26BF3N2O4/c1-12-15(10-16(27)28)26(25-17(12)20(22,23)24)14-8-6-13(7-9-14)11-21-29-18(2,3)19(4,5)30-21/h6-9,12,15H,10-11H2,1-5H3,(H,27,28)/t12-,15-/m0/s1. The zero-order valence-electron chi connectivity index (χ0n) is 17.7. The van der Waals surface area contributed by atoms with Crippen LogP contribution in [-0.2, 0) is 20.4 Å². The highest BCUT2D eigenvalue weighted by Gasteiger charge is 2.51. The van der Waals surface area contributed by atoms with E-state index in [1.54, 1.807) is 24.3 Å². The molecule has 1 fully saturated rings. The van der Waals surface area contributed by atoms with Crippen LogP contribution in [0.3, 0.4) is 0 Å². The Hall–Kier alpha value is -2.07. The maximum absolute atomic E-state index is 13.3. The van der Waals surface area contributed by atoms with E-state index in [-0.39, 0.29) is 0 Å². The molecule has 10 heteroatoms. The highest BCUT2D eigenvalue weighted by Crippen LogP contribution is 2.38. The second-order valence-electron chi connectivity index (χ2n) is 8.84. The fourth-order valence-corrected chi connectivity index (χ4v) is 3.71. The average molecular weight is 426 g/mol. The fraction of sp³-hybridized carbons (Fsp3) is 0.600. The molecule has 1 saturated heterocycles. The molecule has 0 saturated carbocycles. The van der Waals surface area contributed by atoms with E-state index >= 15 is 0 Å². The molecule has 0 radical (unpaired) electrons. The summed E-state index contributed by atoms with van der Waals surface area (Å²) in [7, 11) is -0.428. The third kappa shape index (κ3) is 4.34. The number of halogens is 3. The molecule has 2 atom stereocenters. The van der Waals surface area contributed by atoms with Gasteiger partial charge in [0.1, 0.15) is 5.71 Å². The van der Waals surface area contributed by atoms with Crippen molar-refractivity contribution in [1.82, 2.24) is 0 Å². The number of rotatable bonds is 5. The lowest BCUT2D eigenvalue weighted by Crippen LogP contribution is -2.41. The second kappa shape index (κ2) is 7.57. The Balaban J connectivity index is 1.79. The van der Waals surface area contributed by atoms with Crippen LogP contribution in [0.25, 0.3) is 0 Å². The van der Waals surface area contributed by atoms with Gasteiger partial charge in [0.05, 0.1) is 29.4 Å². The Labute approximate surface area is 174 Å². The molecule has 0 spiro atoms. The number of hydrogen-bond donors (Lipinski definition) is 1. The second-order valence-corrected chi connectivity index (χ2v) is 8.84. The van der Waals surface area contributed by atoms with Gasteiger partial charge in [0.2, 0.25) is 0 Å². The number of nitrogens with zero attached hydrogens (tertiary/aromatic N) is 2. The number of carboxylic acid groups (broad SMARTS) is 1. The number of aliphatic carboxylic acids is 1. The van der Waals surface area contributed by atoms with Gasteiger partial charge < -0.3 is 14.4 Å². The first-order valence-corrected chi connectivity index (χ1v) is 9.82. The van der Waals surface area contributed by atoms with Crippen molar-refractivity contribution in [2.24, 2.45) is 11.0 Å². The van der Waals surface area contributed by atoms with E-state index in [1.165, 1.54) is 11.9 Å². The lowest BCUT2D eigenvalue weighted by atomic mass is 9.81. The highest BCUT2D eigenvalue weighted by atomic mass is 19.4. The monoisotopic (exact) mass is 426 g/mol. The lowest BCUT2D eigenvalue weighted by molar-refractivity contribution is -0.137. The van der Waals surface area contributed by atoms with Crippen molar-refractivity contribution in [2.75, 3.05) is 5.01 Å². The zero-order valence-corrected chi connectivity index (χ0v) is 17.7. The van der Waals surface area contributed by atoms with Crippen LogP contribution < -0.4 is 5.01 Å². The van der Waals surface area contributed by atoms with E-state index in [1.807, 2.05) is 27.7 Å². The summed E-state index contributed by atoms with van der Waals surface area (Å²) in [5.41, 5.74) is -0.564. The van der Waals surface area contributed by atoms with Gasteiger partial charge in [-0.05, 0) is 45.4 Å². The molecule has 3 rings (SSSR count). The van der Waals surface area contributed by atoms with Gasteiger partial charge in [-0.25, -0.2) is 0 Å². The highest BCUT2D eigenvalue weighted by molar-refractivity contribution is 6.45. The van der Waals surface area contributed by atoms with Crippen molar-refractivity contribution in [3.63, 3.8) is 0 Å². The molecule has 2 heterocycles. The van der Waals surface area contributed by atoms with Gasteiger partial charge in [0, 0.05) is 12.2 Å². The van der Waals surface area contributed by atoms with Crippen molar-refractivity contribution in [1.29, 1.82) is 0 Å². The Morgan fingerprint density at radius 3 is 2.17 bits per heavy atom. The van der Waals surface area contributed by atoms with Crippen LogP contribution in [-0.4, -0.2) is 47.3 Å². The average Bonchev–Trinajstić information content (AvgIpc) is 3.01. The minimum Gasteiger partial charge on any atom is -0.481 e. The summed E-state index contributed by atoms with van der Waals surface area (Å²) >= 11 is 0. The van der Waals surface area contributed by atoms with Crippen LogP contribution >= 0.6 is 0 Å². The molecule has 6 nitrogen and oxygen atoms in total. The molecular formula is C20H26BF3N2O4. The number of alkyl halides is 3. The van der Waals surface area contributed by atoms with Crippen LogP contribution in [0.2, 0.25) is 0 Å². The molecule has 2 aliphatic rings. The van der Waals surface area contributed by atoms with Gasteiger partial charge >= 0.3 is 19.3 Å². The quantitative estimate of drug-likeness (QED) is 0.719. The van der Waals surface area contributed by atoms with Crippen molar-refractivity contribution in [3.8, 4) is 0 Å². The van der Waals surface area contributed by atoms with Crippen molar-refractivity contribution >= 4 is 24.5 Å². The van der Waals surface area contributed by atoms with Gasteiger partial charge in [0.25, 0.3) is 0 Å². The first-order valence-electron chi connectivity index (χ1n) is 9.82. The molecule has 0 unspecified atom stereocenters. The molecule has 0 amide bonds. The summed E-state index contributed by atoms with van der Waals surface area (Å²) in [5.74, 6) is -2.22. The van der Waals surface area contributed by atoms with E-state index in [9.17, 15) is 18.0 Å². The number of carboxylic acids is 1. The molecule has 1 aromatic carbocycles. The van der Waals surface area contributed by atoms with Crippen LogP contribution in [0.5, 0.6) is 0 Å². The smallest absolute Gasteiger partial charge is 0.462 e. The van der Waals surface area contributed by atoms with E-state index in [0.717, 1.165) is 5.56 Å². The molecule has 1 aromatic rings. The van der Waals surface area contributed by atoms with Crippen LogP contribution in [0.15, 0.2) is 29.4 Å². The van der Waals surface area contributed by atoms with Crippen molar-refractivity contribution in [2.45, 2.75) is 70.8 Å². The molecule has 0 aliphatic carbocycles. The SMILES string of the molecule is C[C@@H]1C(C(F)(F)F)=NN(c2ccc(CB3OC(C)(C)C(C)(C)O3)cc2)[C@H]1CC(=O)O. The zero-order chi connectivity index (χ0) is 22.5. The number of hydrogen-bond acceptors (Lipinski definition) is 5. The third-order valence-corrected chi connectivity index (χ3v) is 6.12. The van der Waals surface area contributed by atoms with Crippen molar-refractivity contribution < 1.29 is 32.4 Å². The number of hydrazone groups is 1. The maximum Gasteiger partial charge on any atom is 0.462 e. The molecule has 164 valence electrons. The lowest BCUT2D eigenvalue weighted by Gasteiger charge is -2.32. The van der Waals surface area contributed by atoms with Crippen LogP contribution in [0.1, 0.15) is 46.6 Å². The molecule has 1 N–H and O–H groups in total. The molecular weight excluding hydrogens is 400 g/mol. The van der Waals surface area contributed by atoms with Gasteiger partial charge in [-0.15, -0.1) is 0 Å². The summed E-state index contributed by atoms with van der Waals surface area (Å²) in [4.78, 5) is 11.2. The fourth-order valence-electron chi connectivity index (χ4n) is 3.71. The van der Waals surface area contributed by atoms with Gasteiger partial charge in [-0.2, -0.15) is 18.3 Å².